The summed E-state index contributed by atoms with van der Waals surface area (Å²) in [6.45, 7) is 4.01. The monoisotopic (exact) mass is 529 g/mol. The van der Waals surface area contributed by atoms with Crippen LogP contribution >= 0.6 is 0 Å². The number of aromatic nitrogens is 1. The molecule has 2 aliphatic heterocycles. The molecule has 1 aromatic heterocycles. The van der Waals surface area contributed by atoms with Gasteiger partial charge < -0.3 is 15.5 Å². The fourth-order valence-electron chi connectivity index (χ4n) is 6.02. The molecule has 3 fully saturated rings. The largest absolute Gasteiger partial charge is 0.371 e. The number of hydrogen-bond donors (Lipinski definition) is 2. The lowest BCUT2D eigenvalue weighted by molar-refractivity contribution is -0.119. The number of carbonyl (C=O) groups is 1. The van der Waals surface area contributed by atoms with E-state index in [9.17, 15) is 17.6 Å². The smallest absolute Gasteiger partial charge is 0.246 e. The van der Waals surface area contributed by atoms with E-state index in [0.29, 0.717) is 38.2 Å². The van der Waals surface area contributed by atoms with E-state index in [4.69, 9.17) is 0 Å². The molecule has 1 aliphatic carbocycles. The normalized spacial score (nSPS) is 25.0. The molecule has 2 saturated heterocycles. The van der Waals surface area contributed by atoms with Gasteiger partial charge in [0, 0.05) is 56.6 Å². The van der Waals surface area contributed by atoms with Crippen LogP contribution in [-0.2, 0) is 14.8 Å². The summed E-state index contributed by atoms with van der Waals surface area (Å²) in [5.41, 5.74) is 1.76. The number of piperidine rings is 1. The van der Waals surface area contributed by atoms with Crippen LogP contribution in [0.2, 0.25) is 0 Å². The molecule has 200 valence electrons. The van der Waals surface area contributed by atoms with E-state index in [0.717, 1.165) is 43.6 Å². The first-order valence-corrected chi connectivity index (χ1v) is 14.6. The summed E-state index contributed by atoms with van der Waals surface area (Å²) >= 11 is 0. The molecule has 2 aromatic rings. The fraction of sp³-hybridized carbons (Fsp3) is 0.556. The molecule has 10 heteroatoms. The lowest BCUT2D eigenvalue weighted by atomic mass is 9.72. The molecule has 1 aromatic carbocycles. The number of carbonyl (C=O) groups excluding carboxylic acids is 1. The second-order valence-electron chi connectivity index (χ2n) is 10.9. The third kappa shape index (κ3) is 5.45. The predicted molar refractivity (Wildman–Crippen MR) is 141 cm³/mol. The molecule has 8 nitrogen and oxygen atoms in total. The molecule has 1 amide bonds. The maximum Gasteiger partial charge on any atom is 0.246 e. The van der Waals surface area contributed by atoms with Crippen molar-refractivity contribution in [2.75, 3.05) is 36.9 Å². The molecule has 1 spiro atoms. The van der Waals surface area contributed by atoms with Gasteiger partial charge in [-0.3, -0.25) is 4.79 Å². The molecule has 5 rings (SSSR count). The average molecular weight is 530 g/mol. The number of nitrogens with zero attached hydrogens (tertiary/aromatic N) is 3. The molecule has 0 radical (unpaired) electrons. The van der Waals surface area contributed by atoms with Crippen LogP contribution < -0.4 is 15.5 Å². The zero-order valence-electron chi connectivity index (χ0n) is 21.5. The Bertz CT molecular complexity index is 1240. The molecular formula is C27H36FN5O3S. The lowest BCUT2D eigenvalue weighted by Crippen LogP contribution is -2.45. The Balaban J connectivity index is 1.26. The third-order valence-corrected chi connectivity index (χ3v) is 10.3. The maximum absolute atomic E-state index is 13.8. The number of hydrogen-bond acceptors (Lipinski definition) is 6. The third-order valence-electron chi connectivity index (χ3n) is 8.41. The van der Waals surface area contributed by atoms with Gasteiger partial charge in [0.1, 0.15) is 16.5 Å². The fourth-order valence-corrected chi connectivity index (χ4v) is 7.52. The molecule has 1 saturated carbocycles. The molecule has 3 heterocycles. The number of benzene rings is 1. The van der Waals surface area contributed by atoms with Gasteiger partial charge in [0.05, 0.1) is 0 Å². The number of halogens is 1. The second kappa shape index (κ2) is 10.2. The van der Waals surface area contributed by atoms with Crippen LogP contribution in [0.1, 0.15) is 50.6 Å². The van der Waals surface area contributed by atoms with E-state index in [1.54, 1.807) is 31.3 Å². The van der Waals surface area contributed by atoms with Gasteiger partial charge in [-0.05, 0) is 87.3 Å². The Morgan fingerprint density at radius 3 is 2.38 bits per heavy atom. The quantitative estimate of drug-likeness (QED) is 0.593. The highest BCUT2D eigenvalue weighted by Crippen LogP contribution is 2.42. The van der Waals surface area contributed by atoms with Crippen LogP contribution in [0.5, 0.6) is 0 Å². The van der Waals surface area contributed by atoms with Crippen molar-refractivity contribution in [1.29, 1.82) is 0 Å². The van der Waals surface area contributed by atoms with Crippen molar-refractivity contribution in [3.05, 3.63) is 47.9 Å². The Labute approximate surface area is 218 Å². The number of anilines is 2. The van der Waals surface area contributed by atoms with Crippen molar-refractivity contribution in [3.8, 4) is 0 Å². The Hall–Kier alpha value is -2.72. The van der Waals surface area contributed by atoms with Crippen LogP contribution in [-0.4, -0.2) is 62.4 Å². The van der Waals surface area contributed by atoms with Crippen molar-refractivity contribution in [2.24, 2.45) is 5.41 Å². The minimum Gasteiger partial charge on any atom is -0.371 e. The van der Waals surface area contributed by atoms with Gasteiger partial charge in [0.2, 0.25) is 15.9 Å². The van der Waals surface area contributed by atoms with E-state index < -0.39 is 10.0 Å². The van der Waals surface area contributed by atoms with Crippen LogP contribution in [0.3, 0.4) is 0 Å². The van der Waals surface area contributed by atoms with Crippen LogP contribution in [0.25, 0.3) is 0 Å². The first-order valence-electron chi connectivity index (χ1n) is 13.1. The highest BCUT2D eigenvalue weighted by Gasteiger charge is 2.41. The first-order chi connectivity index (χ1) is 17.6. The Morgan fingerprint density at radius 1 is 1.08 bits per heavy atom. The summed E-state index contributed by atoms with van der Waals surface area (Å²) in [7, 11) is -2.11. The SMILES string of the molecule is Cc1ccc(S(=O)(=O)N(C)C2CCN(c3ccc(F)cc3)CC2)c(NC2CCC3(CC2)CNC(=O)C3)n1. The summed E-state index contributed by atoms with van der Waals surface area (Å²) in [5, 5.41) is 6.41. The summed E-state index contributed by atoms with van der Waals surface area (Å²) in [6, 6.07) is 9.83. The number of rotatable bonds is 6. The number of pyridine rings is 1. The summed E-state index contributed by atoms with van der Waals surface area (Å²) in [6.07, 6.45) is 5.59. The van der Waals surface area contributed by atoms with Gasteiger partial charge in [-0.25, -0.2) is 17.8 Å². The maximum atomic E-state index is 13.8. The molecule has 0 unspecified atom stereocenters. The zero-order chi connectivity index (χ0) is 26.2. The number of sulfonamides is 1. The van der Waals surface area contributed by atoms with Crippen molar-refractivity contribution in [2.45, 2.75) is 68.8 Å². The van der Waals surface area contributed by atoms with Crippen molar-refractivity contribution < 1.29 is 17.6 Å². The summed E-state index contributed by atoms with van der Waals surface area (Å²) < 4.78 is 42.3. The Kier molecular flexibility index (Phi) is 7.15. The lowest BCUT2D eigenvalue weighted by Gasteiger charge is -2.38. The van der Waals surface area contributed by atoms with Crippen LogP contribution in [0, 0.1) is 18.2 Å². The minimum absolute atomic E-state index is 0.0488. The number of amides is 1. The molecule has 37 heavy (non-hydrogen) atoms. The molecule has 3 aliphatic rings. The number of aryl methyl sites for hydroxylation is 1. The van der Waals surface area contributed by atoms with Crippen LogP contribution in [0.4, 0.5) is 15.9 Å². The van der Waals surface area contributed by atoms with Gasteiger partial charge in [-0.2, -0.15) is 4.31 Å². The van der Waals surface area contributed by atoms with E-state index >= 15 is 0 Å². The van der Waals surface area contributed by atoms with Crippen molar-refractivity contribution >= 4 is 27.4 Å². The molecule has 2 N–H and O–H groups in total. The minimum atomic E-state index is -3.77. The van der Waals surface area contributed by atoms with Gasteiger partial charge in [-0.1, -0.05) is 0 Å². The van der Waals surface area contributed by atoms with Gasteiger partial charge >= 0.3 is 0 Å². The average Bonchev–Trinajstić information content (AvgIpc) is 3.25. The van der Waals surface area contributed by atoms with E-state index in [1.807, 2.05) is 6.92 Å². The highest BCUT2D eigenvalue weighted by molar-refractivity contribution is 7.89. The van der Waals surface area contributed by atoms with Crippen molar-refractivity contribution in [1.82, 2.24) is 14.6 Å². The van der Waals surface area contributed by atoms with E-state index in [1.165, 1.54) is 16.4 Å². The Morgan fingerprint density at radius 2 is 1.76 bits per heavy atom. The summed E-state index contributed by atoms with van der Waals surface area (Å²) in [5.74, 6) is 0.280. The molecular weight excluding hydrogens is 493 g/mol. The topological polar surface area (TPSA) is 94.6 Å². The number of nitrogens with one attached hydrogen (secondary N) is 2. The van der Waals surface area contributed by atoms with E-state index in [-0.39, 0.29) is 34.1 Å². The summed E-state index contributed by atoms with van der Waals surface area (Å²) in [4.78, 5) is 18.7. The second-order valence-corrected chi connectivity index (χ2v) is 12.9. The molecule has 0 bridgehead atoms. The first kappa shape index (κ1) is 25.9. The van der Waals surface area contributed by atoms with Gasteiger partial charge in [0.15, 0.2) is 0 Å². The zero-order valence-corrected chi connectivity index (χ0v) is 22.4. The van der Waals surface area contributed by atoms with Crippen LogP contribution in [0.15, 0.2) is 41.3 Å². The van der Waals surface area contributed by atoms with Gasteiger partial charge in [0.25, 0.3) is 0 Å². The highest BCUT2D eigenvalue weighted by atomic mass is 32.2. The van der Waals surface area contributed by atoms with Crippen molar-refractivity contribution in [3.63, 3.8) is 0 Å². The van der Waals surface area contributed by atoms with E-state index in [2.05, 4.69) is 20.5 Å². The van der Waals surface area contributed by atoms with Gasteiger partial charge in [-0.15, -0.1) is 0 Å². The molecule has 0 atom stereocenters. The standard InChI is InChI=1S/C27H36FN5O3S/c1-19-3-8-24(26(30-19)31-21-9-13-27(14-10-21)17-25(34)29-18-27)37(35,36)32(2)22-11-15-33(16-12-22)23-6-4-20(28)5-7-23/h3-8,21-22H,9-18H2,1-2H3,(H,29,34)(H,30,31). The predicted octanol–water partition coefficient (Wildman–Crippen LogP) is 3.68.